The van der Waals surface area contributed by atoms with E-state index in [4.69, 9.17) is 13.3 Å². The van der Waals surface area contributed by atoms with Gasteiger partial charge < -0.3 is 13.3 Å². The monoisotopic (exact) mass is 248 g/mol. The first-order valence-electron chi connectivity index (χ1n) is 4.25. The fraction of sp³-hybridized carbons (Fsp3) is 1.00. The summed E-state index contributed by atoms with van der Waals surface area (Å²) in [5.41, 5.74) is 0. The van der Waals surface area contributed by atoms with Crippen LogP contribution < -0.4 is 0 Å². The average molecular weight is 248 g/mol. The predicted octanol–water partition coefficient (Wildman–Crippen LogP) is 1.79. The summed E-state index contributed by atoms with van der Waals surface area (Å²) in [6.45, 7) is -0.422. The predicted molar refractivity (Wildman–Crippen MR) is 48.2 cm³/mol. The second-order valence-electron chi connectivity index (χ2n) is 2.69. The molecule has 0 N–H and O–H groups in total. The largest absolute Gasteiger partial charge is 0.522 e. The number of rotatable bonds is 7. The van der Waals surface area contributed by atoms with Crippen molar-refractivity contribution >= 4 is 8.80 Å². The molecule has 0 bridgehead atoms. The van der Waals surface area contributed by atoms with Crippen LogP contribution in [0.2, 0.25) is 6.04 Å². The molecule has 4 nitrogen and oxygen atoms in total. The van der Waals surface area contributed by atoms with Gasteiger partial charge in [-0.1, -0.05) is 0 Å². The molecule has 15 heavy (non-hydrogen) atoms. The lowest BCUT2D eigenvalue weighted by Gasteiger charge is -2.24. The van der Waals surface area contributed by atoms with Gasteiger partial charge in [-0.05, 0) is 6.42 Å². The summed E-state index contributed by atoms with van der Waals surface area (Å²) in [6.07, 6.45) is -4.42. The van der Waals surface area contributed by atoms with Crippen LogP contribution in [0.15, 0.2) is 0 Å². The van der Waals surface area contributed by atoms with Crippen LogP contribution in [0.3, 0.4) is 0 Å². The van der Waals surface area contributed by atoms with Crippen LogP contribution in [-0.4, -0.2) is 43.1 Å². The highest BCUT2D eigenvalue weighted by atomic mass is 28.4. The van der Waals surface area contributed by atoms with Crippen molar-refractivity contribution in [3.63, 3.8) is 0 Å². The molecule has 0 saturated heterocycles. The highest BCUT2D eigenvalue weighted by Crippen LogP contribution is 2.19. The van der Waals surface area contributed by atoms with Crippen LogP contribution in [-0.2, 0) is 18.0 Å². The molecule has 0 aliphatic heterocycles. The summed E-state index contributed by atoms with van der Waals surface area (Å²) in [6, 6.07) is 0.284. The normalized spacial score (nSPS) is 13.2. The molecule has 0 aliphatic rings. The number of halogens is 3. The maximum atomic E-state index is 11.6. The van der Waals surface area contributed by atoms with Crippen molar-refractivity contribution < 1.29 is 31.2 Å². The lowest BCUT2D eigenvalue weighted by Crippen LogP contribution is -2.42. The molecule has 92 valence electrons. The summed E-state index contributed by atoms with van der Waals surface area (Å²) in [7, 11) is 1.46. The Kier molecular flexibility index (Phi) is 6.37. The van der Waals surface area contributed by atoms with Gasteiger partial charge in [-0.15, -0.1) is 13.2 Å². The Morgan fingerprint density at radius 3 is 1.80 bits per heavy atom. The summed E-state index contributed by atoms with van der Waals surface area (Å²) < 4.78 is 53.5. The van der Waals surface area contributed by atoms with Crippen LogP contribution in [0.4, 0.5) is 13.2 Å². The Morgan fingerprint density at radius 2 is 1.47 bits per heavy atom. The lowest BCUT2D eigenvalue weighted by atomic mass is 10.5. The van der Waals surface area contributed by atoms with Crippen molar-refractivity contribution in [2.45, 2.75) is 18.8 Å². The Morgan fingerprint density at radius 1 is 1.00 bits per heavy atom. The molecule has 0 fully saturated rings. The standard InChI is InChI=1S/C7H15F3O4Si/c1-11-15(12-2,13-3)6-4-5-14-7(8,9)10/h4-6H2,1-3H3. The van der Waals surface area contributed by atoms with Gasteiger partial charge in [0.05, 0.1) is 6.61 Å². The SMILES string of the molecule is CO[Si](CCCOC(F)(F)F)(OC)OC. The Hall–Kier alpha value is -0.153. The molecule has 0 unspecified atom stereocenters. The number of alkyl halides is 3. The fourth-order valence-electron chi connectivity index (χ4n) is 1.03. The third-order valence-corrected chi connectivity index (χ3v) is 4.66. The van der Waals surface area contributed by atoms with Crippen molar-refractivity contribution in [3.05, 3.63) is 0 Å². The number of ether oxygens (including phenoxy) is 1. The van der Waals surface area contributed by atoms with Gasteiger partial charge in [0.25, 0.3) is 0 Å². The van der Waals surface area contributed by atoms with Crippen molar-refractivity contribution in [3.8, 4) is 0 Å². The van der Waals surface area contributed by atoms with Gasteiger partial charge in [0.2, 0.25) is 0 Å². The molecule has 0 radical (unpaired) electrons. The first kappa shape index (κ1) is 14.8. The Balaban J connectivity index is 3.82. The zero-order valence-corrected chi connectivity index (χ0v) is 9.89. The van der Waals surface area contributed by atoms with Gasteiger partial charge in [-0.3, -0.25) is 4.74 Å². The van der Waals surface area contributed by atoms with E-state index >= 15 is 0 Å². The van der Waals surface area contributed by atoms with E-state index in [1.165, 1.54) is 21.3 Å². The fourth-order valence-corrected chi connectivity index (χ4v) is 2.72. The van der Waals surface area contributed by atoms with E-state index in [0.29, 0.717) is 0 Å². The smallest absolute Gasteiger partial charge is 0.377 e. The van der Waals surface area contributed by atoms with Crippen LogP contribution in [0, 0.1) is 0 Å². The Bertz CT molecular complexity index is 164. The topological polar surface area (TPSA) is 36.9 Å². The van der Waals surface area contributed by atoms with E-state index in [1.807, 2.05) is 0 Å². The van der Waals surface area contributed by atoms with Crippen LogP contribution in [0.1, 0.15) is 6.42 Å². The molecule has 8 heteroatoms. The molecule has 0 aliphatic carbocycles. The first-order chi connectivity index (χ1) is 6.89. The van der Waals surface area contributed by atoms with E-state index in [9.17, 15) is 13.2 Å². The van der Waals surface area contributed by atoms with Crippen LogP contribution in [0.25, 0.3) is 0 Å². The van der Waals surface area contributed by atoms with Gasteiger partial charge in [0, 0.05) is 27.4 Å². The van der Waals surface area contributed by atoms with E-state index in [1.54, 1.807) is 0 Å². The van der Waals surface area contributed by atoms with Crippen molar-refractivity contribution in [2.24, 2.45) is 0 Å². The zero-order chi connectivity index (χ0) is 11.9. The molecule has 0 spiro atoms. The van der Waals surface area contributed by atoms with E-state index in [0.717, 1.165) is 0 Å². The van der Waals surface area contributed by atoms with Gasteiger partial charge in [0.1, 0.15) is 0 Å². The molecular formula is C7H15F3O4Si. The first-order valence-corrected chi connectivity index (χ1v) is 6.18. The van der Waals surface area contributed by atoms with Crippen LogP contribution in [0.5, 0.6) is 0 Å². The molecule has 0 atom stereocenters. The maximum absolute atomic E-state index is 11.6. The highest BCUT2D eigenvalue weighted by molar-refractivity contribution is 6.60. The average Bonchev–Trinajstić information content (AvgIpc) is 2.18. The lowest BCUT2D eigenvalue weighted by molar-refractivity contribution is -0.324. The third-order valence-electron chi connectivity index (χ3n) is 1.83. The minimum atomic E-state index is -4.59. The van der Waals surface area contributed by atoms with Gasteiger partial charge in [-0.25, -0.2) is 0 Å². The molecule has 0 aromatic rings. The summed E-state index contributed by atoms with van der Waals surface area (Å²) in [5, 5.41) is 0. The summed E-state index contributed by atoms with van der Waals surface area (Å²) >= 11 is 0. The quantitative estimate of drug-likeness (QED) is 0.508. The van der Waals surface area contributed by atoms with Crippen LogP contribution >= 0.6 is 0 Å². The molecule has 0 amide bonds. The zero-order valence-electron chi connectivity index (χ0n) is 8.89. The molecule has 0 heterocycles. The number of hydrogen-bond acceptors (Lipinski definition) is 4. The molecule has 0 rings (SSSR count). The third kappa shape index (κ3) is 6.10. The number of hydrogen-bond donors (Lipinski definition) is 0. The van der Waals surface area contributed by atoms with E-state index in [-0.39, 0.29) is 12.5 Å². The second-order valence-corrected chi connectivity index (χ2v) is 5.78. The van der Waals surface area contributed by atoms with Crippen molar-refractivity contribution in [2.75, 3.05) is 27.9 Å². The Labute approximate surface area is 87.6 Å². The molecular weight excluding hydrogens is 233 g/mol. The van der Waals surface area contributed by atoms with Gasteiger partial charge in [-0.2, -0.15) is 0 Å². The summed E-state index contributed by atoms with van der Waals surface area (Å²) in [5.74, 6) is 0. The molecule has 0 saturated carbocycles. The van der Waals surface area contributed by atoms with Crippen molar-refractivity contribution in [1.29, 1.82) is 0 Å². The molecule has 0 aromatic heterocycles. The van der Waals surface area contributed by atoms with Gasteiger partial charge >= 0.3 is 15.2 Å². The minimum absolute atomic E-state index is 0.168. The van der Waals surface area contributed by atoms with E-state index < -0.39 is 21.8 Å². The van der Waals surface area contributed by atoms with Crippen molar-refractivity contribution in [1.82, 2.24) is 0 Å². The maximum Gasteiger partial charge on any atom is 0.522 e. The van der Waals surface area contributed by atoms with E-state index in [2.05, 4.69) is 4.74 Å². The minimum Gasteiger partial charge on any atom is -0.377 e. The molecule has 0 aromatic carbocycles. The van der Waals surface area contributed by atoms with Gasteiger partial charge in [0.15, 0.2) is 0 Å². The second kappa shape index (κ2) is 6.43. The highest BCUT2D eigenvalue weighted by Gasteiger charge is 2.37. The summed E-state index contributed by atoms with van der Waals surface area (Å²) in [4.78, 5) is 0.